The molecule has 1 fully saturated rings. The van der Waals surface area contributed by atoms with E-state index in [9.17, 15) is 14.9 Å². The molecule has 1 aliphatic carbocycles. The van der Waals surface area contributed by atoms with Crippen LogP contribution in [0.4, 0.5) is 11.4 Å². The van der Waals surface area contributed by atoms with Gasteiger partial charge < -0.3 is 5.32 Å². The topological polar surface area (TPSA) is 90.1 Å². The van der Waals surface area contributed by atoms with Crippen LogP contribution >= 0.6 is 0 Å². The summed E-state index contributed by atoms with van der Waals surface area (Å²) >= 11 is 0. The molecular weight excluding hydrogens is 272 g/mol. The molecule has 1 aromatic heterocycles. The summed E-state index contributed by atoms with van der Waals surface area (Å²) in [5.41, 5.74) is 1.81. The molecule has 0 atom stereocenters. The van der Waals surface area contributed by atoms with Gasteiger partial charge in [-0.2, -0.15) is 5.10 Å². The van der Waals surface area contributed by atoms with E-state index in [0.717, 1.165) is 18.4 Å². The third-order valence-electron chi connectivity index (χ3n) is 3.38. The molecule has 0 aliphatic heterocycles. The predicted molar refractivity (Wildman–Crippen MR) is 76.7 cm³/mol. The lowest BCUT2D eigenvalue weighted by molar-refractivity contribution is -0.384. The number of aryl methyl sites for hydroxylation is 1. The number of nitro benzene ring substituents is 1. The van der Waals surface area contributed by atoms with Gasteiger partial charge in [0.15, 0.2) is 0 Å². The lowest BCUT2D eigenvalue weighted by Gasteiger charge is -2.06. The normalized spacial score (nSPS) is 14.0. The van der Waals surface area contributed by atoms with Gasteiger partial charge in [0.25, 0.3) is 5.69 Å². The summed E-state index contributed by atoms with van der Waals surface area (Å²) < 4.78 is 1.62. The molecule has 0 bridgehead atoms. The molecule has 7 heteroatoms. The van der Waals surface area contributed by atoms with Gasteiger partial charge in [-0.3, -0.25) is 19.6 Å². The number of non-ortho nitro benzene ring substituents is 1. The van der Waals surface area contributed by atoms with E-state index in [1.54, 1.807) is 30.2 Å². The fourth-order valence-electron chi connectivity index (χ4n) is 2.12. The molecule has 0 radical (unpaired) electrons. The van der Waals surface area contributed by atoms with E-state index in [1.807, 2.05) is 0 Å². The molecule has 1 amide bonds. The number of carbonyl (C=O) groups is 1. The summed E-state index contributed by atoms with van der Waals surface area (Å²) in [7, 11) is 1.77. The Kier molecular flexibility index (Phi) is 3.17. The van der Waals surface area contributed by atoms with Crippen LogP contribution < -0.4 is 5.32 Å². The Morgan fingerprint density at radius 3 is 2.71 bits per heavy atom. The van der Waals surface area contributed by atoms with Crippen LogP contribution in [-0.2, 0) is 11.8 Å². The average molecular weight is 286 g/mol. The van der Waals surface area contributed by atoms with Gasteiger partial charge in [-0.25, -0.2) is 0 Å². The SMILES string of the molecule is Cn1cc(-c2cc(NC(=O)C3CC3)cc([N+](=O)[O-])c2)cn1. The van der Waals surface area contributed by atoms with Crippen molar-refractivity contribution < 1.29 is 9.72 Å². The predicted octanol–water partition coefficient (Wildman–Crippen LogP) is 2.34. The van der Waals surface area contributed by atoms with Crippen molar-refractivity contribution in [1.29, 1.82) is 0 Å². The first kappa shape index (κ1) is 13.3. The number of benzene rings is 1. The van der Waals surface area contributed by atoms with Gasteiger partial charge >= 0.3 is 0 Å². The fraction of sp³-hybridized carbons (Fsp3) is 0.286. The molecule has 0 spiro atoms. The van der Waals surface area contributed by atoms with E-state index in [0.29, 0.717) is 11.3 Å². The molecule has 2 aromatic rings. The number of nitrogens with one attached hydrogen (secondary N) is 1. The number of hydrogen-bond donors (Lipinski definition) is 1. The molecule has 1 N–H and O–H groups in total. The van der Waals surface area contributed by atoms with Crippen molar-refractivity contribution >= 4 is 17.3 Å². The summed E-state index contributed by atoms with van der Waals surface area (Å²) in [6, 6.07) is 4.58. The van der Waals surface area contributed by atoms with Crippen molar-refractivity contribution in [2.45, 2.75) is 12.8 Å². The molecule has 21 heavy (non-hydrogen) atoms. The highest BCUT2D eigenvalue weighted by Gasteiger charge is 2.29. The molecule has 1 saturated carbocycles. The second kappa shape index (κ2) is 5.01. The molecule has 7 nitrogen and oxygen atoms in total. The second-order valence-electron chi connectivity index (χ2n) is 5.19. The zero-order valence-corrected chi connectivity index (χ0v) is 11.4. The maximum atomic E-state index is 11.8. The number of nitro groups is 1. The maximum absolute atomic E-state index is 11.8. The Morgan fingerprint density at radius 1 is 1.38 bits per heavy atom. The Balaban J connectivity index is 1.97. The lowest BCUT2D eigenvalue weighted by atomic mass is 10.1. The molecular formula is C14H14N4O3. The minimum absolute atomic E-state index is 0.0473. The minimum Gasteiger partial charge on any atom is -0.326 e. The van der Waals surface area contributed by atoms with E-state index in [-0.39, 0.29) is 17.5 Å². The van der Waals surface area contributed by atoms with Gasteiger partial charge in [-0.1, -0.05) is 0 Å². The molecule has 1 heterocycles. The van der Waals surface area contributed by atoms with Crippen LogP contribution in [0.2, 0.25) is 0 Å². The van der Waals surface area contributed by atoms with E-state index < -0.39 is 4.92 Å². The Morgan fingerprint density at radius 2 is 2.14 bits per heavy atom. The van der Waals surface area contributed by atoms with E-state index in [1.165, 1.54) is 12.1 Å². The van der Waals surface area contributed by atoms with Crippen LogP contribution in [0.25, 0.3) is 11.1 Å². The number of nitrogens with zero attached hydrogens (tertiary/aromatic N) is 3. The van der Waals surface area contributed by atoms with Crippen LogP contribution in [0.3, 0.4) is 0 Å². The molecule has 0 unspecified atom stereocenters. The molecule has 3 rings (SSSR count). The van der Waals surface area contributed by atoms with Crippen molar-refractivity contribution in [3.8, 4) is 11.1 Å². The van der Waals surface area contributed by atoms with E-state index in [2.05, 4.69) is 10.4 Å². The monoisotopic (exact) mass is 286 g/mol. The Hall–Kier alpha value is -2.70. The lowest BCUT2D eigenvalue weighted by Crippen LogP contribution is -2.13. The minimum atomic E-state index is -0.466. The highest BCUT2D eigenvalue weighted by atomic mass is 16.6. The van der Waals surface area contributed by atoms with E-state index in [4.69, 9.17) is 0 Å². The largest absolute Gasteiger partial charge is 0.326 e. The number of hydrogen-bond acceptors (Lipinski definition) is 4. The van der Waals surface area contributed by atoms with Crippen LogP contribution in [0.5, 0.6) is 0 Å². The summed E-state index contributed by atoms with van der Waals surface area (Å²) in [5, 5.41) is 17.8. The maximum Gasteiger partial charge on any atom is 0.272 e. The van der Waals surface area contributed by atoms with Crippen LogP contribution in [0.1, 0.15) is 12.8 Å². The smallest absolute Gasteiger partial charge is 0.272 e. The first-order chi connectivity index (χ1) is 10.0. The number of amides is 1. The van der Waals surface area contributed by atoms with Gasteiger partial charge in [-0.05, 0) is 24.5 Å². The van der Waals surface area contributed by atoms with Crippen molar-refractivity contribution in [2.24, 2.45) is 13.0 Å². The van der Waals surface area contributed by atoms with Gasteiger partial charge in [0.2, 0.25) is 5.91 Å². The summed E-state index contributed by atoms with van der Waals surface area (Å²) in [6.07, 6.45) is 5.17. The molecule has 0 saturated heterocycles. The Labute approximate surface area is 120 Å². The summed E-state index contributed by atoms with van der Waals surface area (Å²) in [6.45, 7) is 0. The first-order valence-corrected chi connectivity index (χ1v) is 6.62. The van der Waals surface area contributed by atoms with Gasteiger partial charge in [-0.15, -0.1) is 0 Å². The standard InChI is InChI=1S/C14H14N4O3/c1-17-8-11(7-15-17)10-4-12(6-13(5-10)18(20)21)16-14(19)9-2-3-9/h4-9H,2-3H2,1H3,(H,16,19). The highest BCUT2D eigenvalue weighted by Crippen LogP contribution is 2.32. The zero-order chi connectivity index (χ0) is 15.0. The Bertz CT molecular complexity index is 719. The summed E-state index contributed by atoms with van der Waals surface area (Å²) in [5.74, 6) is -0.0289. The molecule has 108 valence electrons. The second-order valence-corrected chi connectivity index (χ2v) is 5.19. The van der Waals surface area contributed by atoms with Crippen molar-refractivity contribution in [1.82, 2.24) is 9.78 Å². The third kappa shape index (κ3) is 2.91. The number of rotatable bonds is 4. The van der Waals surface area contributed by atoms with Crippen molar-refractivity contribution in [2.75, 3.05) is 5.32 Å². The number of aromatic nitrogens is 2. The first-order valence-electron chi connectivity index (χ1n) is 6.62. The number of anilines is 1. The number of carbonyl (C=O) groups excluding carboxylic acids is 1. The van der Waals surface area contributed by atoms with Crippen LogP contribution in [-0.4, -0.2) is 20.6 Å². The fourth-order valence-corrected chi connectivity index (χ4v) is 2.12. The van der Waals surface area contributed by atoms with E-state index >= 15 is 0 Å². The molecule has 1 aromatic carbocycles. The average Bonchev–Trinajstić information content (AvgIpc) is 3.20. The van der Waals surface area contributed by atoms with Crippen LogP contribution in [0, 0.1) is 16.0 Å². The van der Waals surface area contributed by atoms with Crippen molar-refractivity contribution in [3.05, 3.63) is 40.7 Å². The molecule has 1 aliphatic rings. The quantitative estimate of drug-likeness (QED) is 0.690. The zero-order valence-electron chi connectivity index (χ0n) is 11.4. The summed E-state index contributed by atoms with van der Waals surface area (Å²) in [4.78, 5) is 22.4. The highest BCUT2D eigenvalue weighted by molar-refractivity contribution is 5.95. The van der Waals surface area contributed by atoms with Crippen molar-refractivity contribution in [3.63, 3.8) is 0 Å². The van der Waals surface area contributed by atoms with Gasteiger partial charge in [0, 0.05) is 42.5 Å². The van der Waals surface area contributed by atoms with Gasteiger partial charge in [0.05, 0.1) is 11.1 Å². The van der Waals surface area contributed by atoms with Crippen LogP contribution in [0.15, 0.2) is 30.6 Å². The third-order valence-corrected chi connectivity index (χ3v) is 3.38. The van der Waals surface area contributed by atoms with Gasteiger partial charge in [0.1, 0.15) is 0 Å².